The molecule has 0 saturated heterocycles. The molecular weight excluding hydrogens is 212 g/mol. The summed E-state index contributed by atoms with van der Waals surface area (Å²) in [7, 11) is 0. The molecule has 1 rings (SSSR count). The van der Waals surface area contributed by atoms with Crippen molar-refractivity contribution in [3.8, 4) is 0 Å². The first-order chi connectivity index (χ1) is 7.17. The van der Waals surface area contributed by atoms with E-state index in [9.17, 15) is 4.79 Å². The Labute approximate surface area is 94.9 Å². The maximum atomic E-state index is 11.6. The van der Waals surface area contributed by atoms with E-state index in [0.29, 0.717) is 17.3 Å². The fourth-order valence-corrected chi connectivity index (χ4v) is 1.43. The van der Waals surface area contributed by atoms with Crippen molar-refractivity contribution in [1.29, 1.82) is 0 Å². The number of aromatic nitrogens is 1. The summed E-state index contributed by atoms with van der Waals surface area (Å²) in [4.78, 5) is 15.7. The minimum Gasteiger partial charge on any atom is -0.352 e. The maximum absolute atomic E-state index is 11.6. The number of hydrogen-bond acceptors (Lipinski definition) is 2. The molecule has 1 amide bonds. The molecule has 1 N–H and O–H groups in total. The fourth-order valence-electron chi connectivity index (χ4n) is 1.20. The molecule has 3 nitrogen and oxygen atoms in total. The zero-order valence-corrected chi connectivity index (χ0v) is 9.77. The highest BCUT2D eigenvalue weighted by atomic mass is 35.5. The normalized spacial score (nSPS) is 10.1. The third-order valence-electron chi connectivity index (χ3n) is 2.01. The molecule has 1 aromatic rings. The predicted octanol–water partition coefficient (Wildman–Crippen LogP) is 2.44. The van der Waals surface area contributed by atoms with Crippen LogP contribution in [0.15, 0.2) is 12.1 Å². The Hall–Kier alpha value is -1.09. The smallest absolute Gasteiger partial charge is 0.251 e. The van der Waals surface area contributed by atoms with Crippen LogP contribution >= 0.6 is 11.6 Å². The van der Waals surface area contributed by atoms with Crippen LogP contribution in [0.5, 0.6) is 0 Å². The lowest BCUT2D eigenvalue weighted by atomic mass is 10.2. The molecule has 0 aliphatic rings. The predicted molar refractivity (Wildman–Crippen MR) is 61.2 cm³/mol. The van der Waals surface area contributed by atoms with Crippen LogP contribution in [0, 0.1) is 0 Å². The van der Waals surface area contributed by atoms with Gasteiger partial charge in [0.2, 0.25) is 0 Å². The SMILES string of the molecule is CCCNC(=O)c1cc(Cl)nc(CC)c1. The largest absolute Gasteiger partial charge is 0.352 e. The van der Waals surface area contributed by atoms with Gasteiger partial charge in [-0.15, -0.1) is 0 Å². The Bertz CT molecular complexity index is 352. The number of pyridine rings is 1. The van der Waals surface area contributed by atoms with Crippen molar-refractivity contribution in [2.24, 2.45) is 0 Å². The fraction of sp³-hybridized carbons (Fsp3) is 0.455. The van der Waals surface area contributed by atoms with Gasteiger partial charge in [0.05, 0.1) is 0 Å². The molecule has 0 radical (unpaired) electrons. The molecule has 0 aliphatic carbocycles. The highest BCUT2D eigenvalue weighted by Crippen LogP contribution is 2.11. The topological polar surface area (TPSA) is 42.0 Å². The lowest BCUT2D eigenvalue weighted by Crippen LogP contribution is -2.24. The van der Waals surface area contributed by atoms with Gasteiger partial charge in [-0.1, -0.05) is 25.4 Å². The van der Waals surface area contributed by atoms with Crippen LogP contribution in [0.4, 0.5) is 0 Å². The highest BCUT2D eigenvalue weighted by molar-refractivity contribution is 6.29. The van der Waals surface area contributed by atoms with E-state index in [4.69, 9.17) is 11.6 Å². The third kappa shape index (κ3) is 3.51. The number of nitrogens with zero attached hydrogens (tertiary/aromatic N) is 1. The van der Waals surface area contributed by atoms with Gasteiger partial charge in [-0.2, -0.15) is 0 Å². The monoisotopic (exact) mass is 226 g/mol. The van der Waals surface area contributed by atoms with Crippen molar-refractivity contribution >= 4 is 17.5 Å². The summed E-state index contributed by atoms with van der Waals surface area (Å²) in [6.07, 6.45) is 1.69. The lowest BCUT2D eigenvalue weighted by molar-refractivity contribution is 0.0953. The second kappa shape index (κ2) is 5.71. The highest BCUT2D eigenvalue weighted by Gasteiger charge is 2.07. The molecule has 0 bridgehead atoms. The lowest BCUT2D eigenvalue weighted by Gasteiger charge is -2.05. The van der Waals surface area contributed by atoms with Crippen molar-refractivity contribution in [2.45, 2.75) is 26.7 Å². The third-order valence-corrected chi connectivity index (χ3v) is 2.20. The van der Waals surface area contributed by atoms with Crippen LogP contribution in [0.3, 0.4) is 0 Å². The molecule has 0 atom stereocenters. The minimum atomic E-state index is -0.0872. The molecule has 4 heteroatoms. The Morgan fingerprint density at radius 3 is 2.80 bits per heavy atom. The molecule has 0 aromatic carbocycles. The van der Waals surface area contributed by atoms with Gasteiger partial charge in [0.1, 0.15) is 5.15 Å². The first kappa shape index (κ1) is 12.0. The molecule has 82 valence electrons. The second-order valence-electron chi connectivity index (χ2n) is 3.28. The molecule has 15 heavy (non-hydrogen) atoms. The average Bonchev–Trinajstić information content (AvgIpc) is 2.24. The summed E-state index contributed by atoms with van der Waals surface area (Å²) in [5, 5.41) is 3.17. The van der Waals surface area contributed by atoms with Crippen LogP contribution in [-0.4, -0.2) is 17.4 Å². The van der Waals surface area contributed by atoms with Crippen molar-refractivity contribution in [3.05, 3.63) is 28.5 Å². The molecule has 1 heterocycles. The van der Waals surface area contributed by atoms with E-state index < -0.39 is 0 Å². The zero-order valence-electron chi connectivity index (χ0n) is 9.01. The van der Waals surface area contributed by atoms with E-state index in [1.165, 1.54) is 0 Å². The number of aryl methyl sites for hydroxylation is 1. The summed E-state index contributed by atoms with van der Waals surface area (Å²) in [5.74, 6) is -0.0872. The van der Waals surface area contributed by atoms with E-state index in [1.54, 1.807) is 12.1 Å². The number of carbonyl (C=O) groups excluding carboxylic acids is 1. The summed E-state index contributed by atoms with van der Waals surface area (Å²) in [6, 6.07) is 3.36. The van der Waals surface area contributed by atoms with Gasteiger partial charge >= 0.3 is 0 Å². The van der Waals surface area contributed by atoms with Crippen molar-refractivity contribution in [2.75, 3.05) is 6.54 Å². The van der Waals surface area contributed by atoms with Crippen LogP contribution < -0.4 is 5.32 Å². The number of halogens is 1. The minimum absolute atomic E-state index is 0.0872. The van der Waals surface area contributed by atoms with Crippen LogP contribution in [-0.2, 0) is 6.42 Å². The van der Waals surface area contributed by atoms with E-state index >= 15 is 0 Å². The summed E-state index contributed by atoms with van der Waals surface area (Å²) < 4.78 is 0. The number of nitrogens with one attached hydrogen (secondary N) is 1. The van der Waals surface area contributed by atoms with Crippen molar-refractivity contribution in [3.63, 3.8) is 0 Å². The number of hydrogen-bond donors (Lipinski definition) is 1. The molecule has 0 spiro atoms. The van der Waals surface area contributed by atoms with Gasteiger partial charge in [0.15, 0.2) is 0 Å². The quantitative estimate of drug-likeness (QED) is 0.802. The number of amides is 1. The van der Waals surface area contributed by atoms with E-state index in [0.717, 1.165) is 18.5 Å². The molecule has 0 fully saturated rings. The standard InChI is InChI=1S/C11H15ClN2O/c1-3-5-13-11(15)8-6-9(4-2)14-10(12)7-8/h6-7H,3-5H2,1-2H3,(H,13,15). The van der Waals surface area contributed by atoms with Gasteiger partial charge in [0.25, 0.3) is 5.91 Å². The van der Waals surface area contributed by atoms with Gasteiger partial charge in [0, 0.05) is 17.8 Å². The van der Waals surface area contributed by atoms with Gasteiger partial charge in [-0.05, 0) is 25.0 Å². The molecule has 0 saturated carbocycles. The first-order valence-corrected chi connectivity index (χ1v) is 5.49. The van der Waals surface area contributed by atoms with Crippen LogP contribution in [0.1, 0.15) is 36.3 Å². The maximum Gasteiger partial charge on any atom is 0.251 e. The van der Waals surface area contributed by atoms with Crippen LogP contribution in [0.25, 0.3) is 0 Å². The van der Waals surface area contributed by atoms with Gasteiger partial charge in [-0.25, -0.2) is 4.98 Å². The Morgan fingerprint density at radius 1 is 1.47 bits per heavy atom. The molecule has 1 aromatic heterocycles. The van der Waals surface area contributed by atoms with E-state index in [2.05, 4.69) is 10.3 Å². The van der Waals surface area contributed by atoms with E-state index in [-0.39, 0.29) is 5.91 Å². The average molecular weight is 227 g/mol. The zero-order chi connectivity index (χ0) is 11.3. The second-order valence-corrected chi connectivity index (χ2v) is 3.67. The Balaban J connectivity index is 2.83. The van der Waals surface area contributed by atoms with Gasteiger partial charge < -0.3 is 5.32 Å². The van der Waals surface area contributed by atoms with Gasteiger partial charge in [-0.3, -0.25) is 4.79 Å². The van der Waals surface area contributed by atoms with Crippen LogP contribution in [0.2, 0.25) is 5.15 Å². The van der Waals surface area contributed by atoms with E-state index in [1.807, 2.05) is 13.8 Å². The van der Waals surface area contributed by atoms with Crippen molar-refractivity contribution in [1.82, 2.24) is 10.3 Å². The Kier molecular flexibility index (Phi) is 4.56. The summed E-state index contributed by atoms with van der Waals surface area (Å²) in [5.41, 5.74) is 1.42. The molecular formula is C11H15ClN2O. The molecule has 0 aliphatic heterocycles. The first-order valence-electron chi connectivity index (χ1n) is 5.12. The number of rotatable bonds is 4. The molecule has 0 unspecified atom stereocenters. The Morgan fingerprint density at radius 2 is 2.20 bits per heavy atom. The summed E-state index contributed by atoms with van der Waals surface area (Å²) >= 11 is 5.82. The van der Waals surface area contributed by atoms with Crippen molar-refractivity contribution < 1.29 is 4.79 Å². The summed E-state index contributed by atoms with van der Waals surface area (Å²) in [6.45, 7) is 4.67. The number of carbonyl (C=O) groups is 1.